The third kappa shape index (κ3) is 4.94. The van der Waals surface area contributed by atoms with E-state index in [4.69, 9.17) is 9.47 Å². The smallest absolute Gasteiger partial charge is 0.322 e. The number of rotatable bonds is 7. The SMILES string of the molecule is CCc1ccc2[nH]c(=O)c(CN(C[C@@H]3CCCO3)C(=O)Nc3ccccc3OC)cc2c1. The second kappa shape index (κ2) is 9.87. The van der Waals surface area contributed by atoms with Gasteiger partial charge in [0.25, 0.3) is 5.56 Å². The molecule has 2 N–H and O–H groups in total. The molecule has 2 heterocycles. The third-order valence-corrected chi connectivity index (χ3v) is 5.84. The molecular formula is C25H29N3O4. The number of fused-ring (bicyclic) bond motifs is 1. The van der Waals surface area contributed by atoms with Crippen LogP contribution in [0.5, 0.6) is 5.75 Å². The van der Waals surface area contributed by atoms with Gasteiger partial charge in [0, 0.05) is 24.2 Å². The number of pyridine rings is 1. The van der Waals surface area contributed by atoms with Crippen LogP contribution in [0.4, 0.5) is 10.5 Å². The number of para-hydroxylation sites is 2. The second-order valence-electron chi connectivity index (χ2n) is 8.04. The highest BCUT2D eigenvalue weighted by Gasteiger charge is 2.24. The molecule has 0 spiro atoms. The van der Waals surface area contributed by atoms with Gasteiger partial charge in [0.05, 0.1) is 25.4 Å². The average molecular weight is 436 g/mol. The molecule has 3 aromatic rings. The fraction of sp³-hybridized carbons (Fsp3) is 0.360. The Hall–Kier alpha value is -3.32. The number of hydrogen-bond acceptors (Lipinski definition) is 4. The predicted molar refractivity (Wildman–Crippen MR) is 125 cm³/mol. The highest BCUT2D eigenvalue weighted by atomic mass is 16.5. The Labute approximate surface area is 187 Å². The van der Waals surface area contributed by atoms with Gasteiger partial charge in [0.15, 0.2) is 0 Å². The molecule has 4 rings (SSSR count). The van der Waals surface area contributed by atoms with Crippen LogP contribution in [0, 0.1) is 0 Å². The van der Waals surface area contributed by atoms with E-state index in [1.807, 2.05) is 30.3 Å². The van der Waals surface area contributed by atoms with Gasteiger partial charge in [0.1, 0.15) is 5.75 Å². The minimum absolute atomic E-state index is 0.0374. The number of amides is 2. The lowest BCUT2D eigenvalue weighted by atomic mass is 10.1. The number of anilines is 1. The van der Waals surface area contributed by atoms with Crippen LogP contribution in [-0.4, -0.2) is 42.3 Å². The van der Waals surface area contributed by atoms with Gasteiger partial charge in [-0.3, -0.25) is 4.79 Å². The van der Waals surface area contributed by atoms with E-state index in [1.165, 1.54) is 5.56 Å². The van der Waals surface area contributed by atoms with E-state index >= 15 is 0 Å². The van der Waals surface area contributed by atoms with Crippen molar-refractivity contribution in [3.05, 3.63) is 70.0 Å². The molecule has 1 atom stereocenters. The molecular weight excluding hydrogens is 406 g/mol. The van der Waals surface area contributed by atoms with Crippen molar-refractivity contribution in [2.75, 3.05) is 25.6 Å². The number of aryl methyl sites for hydroxylation is 1. The fourth-order valence-electron chi connectivity index (χ4n) is 4.04. The maximum atomic E-state index is 13.2. The van der Waals surface area contributed by atoms with Crippen molar-refractivity contribution in [2.24, 2.45) is 0 Å². The van der Waals surface area contributed by atoms with Crippen LogP contribution in [0.25, 0.3) is 10.9 Å². The zero-order valence-corrected chi connectivity index (χ0v) is 18.5. The van der Waals surface area contributed by atoms with Crippen LogP contribution in [0.2, 0.25) is 0 Å². The fourth-order valence-corrected chi connectivity index (χ4v) is 4.04. The van der Waals surface area contributed by atoms with Gasteiger partial charge < -0.3 is 24.7 Å². The molecule has 0 radical (unpaired) electrons. The summed E-state index contributed by atoms with van der Waals surface area (Å²) in [5, 5.41) is 3.88. The molecule has 7 heteroatoms. The van der Waals surface area contributed by atoms with E-state index < -0.39 is 0 Å². The number of carbonyl (C=O) groups excluding carboxylic acids is 1. The van der Waals surface area contributed by atoms with Crippen molar-refractivity contribution in [3.8, 4) is 5.75 Å². The summed E-state index contributed by atoms with van der Waals surface area (Å²) in [5.74, 6) is 0.577. The Balaban J connectivity index is 1.62. The highest BCUT2D eigenvalue weighted by molar-refractivity contribution is 5.91. The first-order valence-electron chi connectivity index (χ1n) is 11.0. The van der Waals surface area contributed by atoms with Gasteiger partial charge >= 0.3 is 6.03 Å². The number of H-pyrrole nitrogens is 1. The first-order valence-corrected chi connectivity index (χ1v) is 11.0. The molecule has 168 valence electrons. The lowest BCUT2D eigenvalue weighted by Crippen LogP contribution is -2.40. The Kier molecular flexibility index (Phi) is 6.75. The van der Waals surface area contributed by atoms with E-state index in [9.17, 15) is 9.59 Å². The van der Waals surface area contributed by atoms with Crippen LogP contribution in [0.3, 0.4) is 0 Å². The van der Waals surface area contributed by atoms with Gasteiger partial charge in [-0.1, -0.05) is 25.1 Å². The predicted octanol–water partition coefficient (Wildman–Crippen LogP) is 4.31. The minimum Gasteiger partial charge on any atom is -0.495 e. The summed E-state index contributed by atoms with van der Waals surface area (Å²) < 4.78 is 11.1. The molecule has 32 heavy (non-hydrogen) atoms. The standard InChI is InChI=1S/C25H29N3O4/c1-3-17-10-11-21-18(13-17)14-19(24(29)26-21)15-28(16-20-7-6-12-32-20)25(30)27-22-8-4-5-9-23(22)31-2/h4-5,8-11,13-14,20H,3,6-7,12,15-16H2,1-2H3,(H,26,29)(H,27,30)/t20-/m0/s1. The monoisotopic (exact) mass is 435 g/mol. The van der Waals surface area contributed by atoms with Crippen molar-refractivity contribution in [1.82, 2.24) is 9.88 Å². The van der Waals surface area contributed by atoms with Crippen LogP contribution >= 0.6 is 0 Å². The molecule has 1 aromatic heterocycles. The topological polar surface area (TPSA) is 83.7 Å². The van der Waals surface area contributed by atoms with E-state index in [0.29, 0.717) is 30.2 Å². The second-order valence-corrected chi connectivity index (χ2v) is 8.04. The number of carbonyl (C=O) groups is 1. The van der Waals surface area contributed by atoms with Crippen molar-refractivity contribution >= 4 is 22.6 Å². The number of benzene rings is 2. The number of nitrogens with zero attached hydrogens (tertiary/aromatic N) is 1. The van der Waals surface area contributed by atoms with Gasteiger partial charge in [-0.05, 0) is 60.5 Å². The summed E-state index contributed by atoms with van der Waals surface area (Å²) in [7, 11) is 1.56. The van der Waals surface area contributed by atoms with Crippen LogP contribution in [0.15, 0.2) is 53.3 Å². The quantitative estimate of drug-likeness (QED) is 0.579. The Bertz CT molecular complexity index is 1150. The summed E-state index contributed by atoms with van der Waals surface area (Å²) in [6.07, 6.45) is 2.75. The van der Waals surface area contributed by atoms with Gasteiger partial charge in [-0.15, -0.1) is 0 Å². The lowest BCUT2D eigenvalue weighted by Gasteiger charge is -2.26. The number of hydrogen-bond donors (Lipinski definition) is 2. The van der Waals surface area contributed by atoms with Crippen LogP contribution in [-0.2, 0) is 17.7 Å². The van der Waals surface area contributed by atoms with Gasteiger partial charge in [-0.2, -0.15) is 0 Å². The average Bonchev–Trinajstić information content (AvgIpc) is 3.32. The van der Waals surface area contributed by atoms with E-state index in [-0.39, 0.29) is 24.2 Å². The Morgan fingerprint density at radius 2 is 2.09 bits per heavy atom. The summed E-state index contributed by atoms with van der Waals surface area (Å²) >= 11 is 0. The first-order chi connectivity index (χ1) is 15.6. The largest absolute Gasteiger partial charge is 0.495 e. The van der Waals surface area contributed by atoms with Crippen molar-refractivity contribution in [3.63, 3.8) is 0 Å². The van der Waals surface area contributed by atoms with Crippen molar-refractivity contribution in [2.45, 2.75) is 38.8 Å². The number of aromatic amines is 1. The molecule has 2 amide bonds. The van der Waals surface area contributed by atoms with E-state index in [1.54, 1.807) is 24.1 Å². The third-order valence-electron chi connectivity index (χ3n) is 5.84. The lowest BCUT2D eigenvalue weighted by molar-refractivity contribution is 0.0818. The number of ether oxygens (including phenoxy) is 2. The van der Waals surface area contributed by atoms with E-state index in [2.05, 4.69) is 23.3 Å². The molecule has 1 aliphatic heterocycles. The van der Waals surface area contributed by atoms with Gasteiger partial charge in [0.2, 0.25) is 0 Å². The molecule has 1 fully saturated rings. The summed E-state index contributed by atoms with van der Waals surface area (Å²) in [6.45, 7) is 3.39. The highest BCUT2D eigenvalue weighted by Crippen LogP contribution is 2.24. The first kappa shape index (κ1) is 21.9. The Morgan fingerprint density at radius 1 is 1.25 bits per heavy atom. The molecule has 0 unspecified atom stereocenters. The summed E-state index contributed by atoms with van der Waals surface area (Å²) in [5.41, 5.74) is 2.92. The summed E-state index contributed by atoms with van der Waals surface area (Å²) in [6, 6.07) is 14.9. The number of aromatic nitrogens is 1. The van der Waals surface area contributed by atoms with E-state index in [0.717, 1.165) is 30.2 Å². The normalized spacial score (nSPS) is 15.6. The molecule has 1 aliphatic rings. The maximum Gasteiger partial charge on any atom is 0.322 e. The molecule has 1 saturated heterocycles. The number of methoxy groups -OCH3 is 1. The molecule has 0 aliphatic carbocycles. The van der Waals surface area contributed by atoms with Crippen LogP contribution < -0.4 is 15.6 Å². The van der Waals surface area contributed by atoms with Crippen molar-refractivity contribution in [1.29, 1.82) is 0 Å². The Morgan fingerprint density at radius 3 is 2.84 bits per heavy atom. The number of nitrogens with one attached hydrogen (secondary N) is 2. The maximum absolute atomic E-state index is 13.2. The zero-order chi connectivity index (χ0) is 22.5. The minimum atomic E-state index is -0.299. The molecule has 0 bridgehead atoms. The number of urea groups is 1. The zero-order valence-electron chi connectivity index (χ0n) is 18.5. The molecule has 7 nitrogen and oxygen atoms in total. The summed E-state index contributed by atoms with van der Waals surface area (Å²) in [4.78, 5) is 30.6. The van der Waals surface area contributed by atoms with Crippen molar-refractivity contribution < 1.29 is 14.3 Å². The molecule has 2 aromatic carbocycles. The molecule has 0 saturated carbocycles. The van der Waals surface area contributed by atoms with Crippen LogP contribution in [0.1, 0.15) is 30.9 Å². The van der Waals surface area contributed by atoms with Gasteiger partial charge in [-0.25, -0.2) is 4.79 Å².